The van der Waals surface area contributed by atoms with Crippen LogP contribution in [0.3, 0.4) is 0 Å². The second-order valence-corrected chi connectivity index (χ2v) is 6.78. The Morgan fingerprint density at radius 1 is 1.35 bits per heavy atom. The van der Waals surface area contributed by atoms with Crippen LogP contribution < -0.4 is 5.32 Å². The molecule has 3 atom stereocenters. The highest BCUT2D eigenvalue weighted by atomic mass is 16.5. The molecule has 1 aromatic carbocycles. The summed E-state index contributed by atoms with van der Waals surface area (Å²) in [5.74, 6) is 0.730. The van der Waals surface area contributed by atoms with E-state index < -0.39 is 6.10 Å². The molecule has 2 rings (SSSR count). The summed E-state index contributed by atoms with van der Waals surface area (Å²) in [7, 11) is 0. The lowest BCUT2D eigenvalue weighted by Gasteiger charge is -2.35. The fraction of sp³-hybridized carbons (Fsp3) is 0.632. The van der Waals surface area contributed by atoms with Gasteiger partial charge in [-0.1, -0.05) is 37.3 Å². The van der Waals surface area contributed by atoms with Gasteiger partial charge in [-0.15, -0.1) is 0 Å². The minimum atomic E-state index is -0.428. The van der Waals surface area contributed by atoms with Crippen molar-refractivity contribution in [3.63, 3.8) is 0 Å². The third-order valence-electron chi connectivity index (χ3n) is 4.60. The molecule has 0 bridgehead atoms. The summed E-state index contributed by atoms with van der Waals surface area (Å²) in [5.41, 5.74) is 1.09. The van der Waals surface area contributed by atoms with Crippen LogP contribution in [-0.2, 0) is 16.1 Å². The van der Waals surface area contributed by atoms with E-state index in [1.54, 1.807) is 0 Å². The van der Waals surface area contributed by atoms with E-state index in [1.165, 1.54) is 12.8 Å². The fourth-order valence-corrected chi connectivity index (χ4v) is 3.02. The zero-order chi connectivity index (χ0) is 16.7. The van der Waals surface area contributed by atoms with Gasteiger partial charge in [-0.25, -0.2) is 0 Å². The van der Waals surface area contributed by atoms with Crippen molar-refractivity contribution in [2.45, 2.75) is 52.4 Å². The molecule has 0 aromatic heterocycles. The molecule has 1 amide bonds. The normalized spacial score (nSPS) is 21.6. The average molecular weight is 318 g/mol. The number of nitrogens with one attached hydrogen (secondary N) is 1. The maximum absolute atomic E-state index is 12.2. The highest BCUT2D eigenvalue weighted by molar-refractivity contribution is 5.80. The van der Waals surface area contributed by atoms with Crippen LogP contribution in [-0.4, -0.2) is 42.6 Å². The molecule has 1 aliphatic heterocycles. The van der Waals surface area contributed by atoms with Crippen LogP contribution in [0.5, 0.6) is 0 Å². The molecule has 4 nitrogen and oxygen atoms in total. The summed E-state index contributed by atoms with van der Waals surface area (Å²) in [6, 6.07) is 10.3. The third-order valence-corrected chi connectivity index (χ3v) is 4.60. The molecule has 0 unspecified atom stereocenters. The van der Waals surface area contributed by atoms with E-state index in [0.717, 1.165) is 24.6 Å². The van der Waals surface area contributed by atoms with Crippen LogP contribution in [0, 0.1) is 5.92 Å². The fourth-order valence-electron chi connectivity index (χ4n) is 3.02. The molecule has 4 heteroatoms. The van der Waals surface area contributed by atoms with Crippen LogP contribution in [0.2, 0.25) is 0 Å². The first-order valence-electron chi connectivity index (χ1n) is 8.73. The minimum Gasteiger partial charge on any atom is -0.364 e. The van der Waals surface area contributed by atoms with E-state index in [4.69, 9.17) is 4.74 Å². The zero-order valence-corrected chi connectivity index (χ0v) is 14.6. The van der Waals surface area contributed by atoms with Gasteiger partial charge in [0.2, 0.25) is 5.91 Å². The number of nitrogens with zero attached hydrogens (tertiary/aromatic N) is 1. The van der Waals surface area contributed by atoms with Crippen LogP contribution in [0.1, 0.15) is 39.2 Å². The summed E-state index contributed by atoms with van der Waals surface area (Å²) in [4.78, 5) is 14.6. The number of carbonyl (C=O) groups excluding carboxylic acids is 1. The highest BCUT2D eigenvalue weighted by Crippen LogP contribution is 2.17. The number of ether oxygens (including phenoxy) is 1. The molecule has 0 aliphatic carbocycles. The topological polar surface area (TPSA) is 41.6 Å². The van der Waals surface area contributed by atoms with Gasteiger partial charge in [0.05, 0.1) is 6.61 Å². The Morgan fingerprint density at radius 2 is 2.09 bits per heavy atom. The molecular formula is C19H30N2O2. The summed E-state index contributed by atoms with van der Waals surface area (Å²) < 4.78 is 5.66. The monoisotopic (exact) mass is 318 g/mol. The second kappa shape index (κ2) is 9.04. The highest BCUT2D eigenvalue weighted by Gasteiger charge is 2.22. The molecule has 0 saturated carbocycles. The predicted molar refractivity (Wildman–Crippen MR) is 93.1 cm³/mol. The number of likely N-dealkylation sites (tertiary alicyclic amines) is 1. The second-order valence-electron chi connectivity index (χ2n) is 6.78. The Morgan fingerprint density at radius 3 is 2.78 bits per heavy atom. The van der Waals surface area contributed by atoms with E-state index in [0.29, 0.717) is 19.2 Å². The standard InChI is InChI=1S/C19H30N2O2/c1-15-8-7-11-21(13-15)16(2)12-20-19(22)17(3)23-14-18-9-5-4-6-10-18/h4-6,9-10,15-17H,7-8,11-14H2,1-3H3,(H,20,22)/t15-,16+,17-/m1/s1. The van der Waals surface area contributed by atoms with Gasteiger partial charge in [-0.3, -0.25) is 9.69 Å². The van der Waals surface area contributed by atoms with Crippen LogP contribution >= 0.6 is 0 Å². The Hall–Kier alpha value is -1.39. The van der Waals surface area contributed by atoms with Gasteiger partial charge in [-0.2, -0.15) is 0 Å². The Kier molecular flexibility index (Phi) is 7.06. The molecule has 23 heavy (non-hydrogen) atoms. The molecule has 1 N–H and O–H groups in total. The lowest BCUT2D eigenvalue weighted by molar-refractivity contribution is -0.132. The van der Waals surface area contributed by atoms with Gasteiger partial charge in [0.15, 0.2) is 0 Å². The average Bonchev–Trinajstić information content (AvgIpc) is 2.58. The smallest absolute Gasteiger partial charge is 0.248 e. The number of amides is 1. The van der Waals surface area contributed by atoms with E-state index in [9.17, 15) is 4.79 Å². The molecular weight excluding hydrogens is 288 g/mol. The van der Waals surface area contributed by atoms with Gasteiger partial charge < -0.3 is 10.1 Å². The molecule has 128 valence electrons. The van der Waals surface area contributed by atoms with Gasteiger partial charge in [0.1, 0.15) is 6.10 Å². The van der Waals surface area contributed by atoms with Gasteiger partial charge in [0, 0.05) is 19.1 Å². The number of hydrogen-bond donors (Lipinski definition) is 1. The maximum atomic E-state index is 12.2. The molecule has 1 saturated heterocycles. The van der Waals surface area contributed by atoms with Crippen molar-refractivity contribution in [2.75, 3.05) is 19.6 Å². The predicted octanol–water partition coefficient (Wildman–Crippen LogP) is 2.83. The number of piperidine rings is 1. The van der Waals surface area contributed by atoms with Crippen molar-refractivity contribution in [1.29, 1.82) is 0 Å². The molecule has 0 spiro atoms. The van der Waals surface area contributed by atoms with E-state index in [-0.39, 0.29) is 5.91 Å². The van der Waals surface area contributed by atoms with Crippen molar-refractivity contribution < 1.29 is 9.53 Å². The maximum Gasteiger partial charge on any atom is 0.248 e. The third kappa shape index (κ3) is 5.96. The van der Waals surface area contributed by atoms with E-state index >= 15 is 0 Å². The minimum absolute atomic E-state index is 0.0298. The number of hydrogen-bond acceptors (Lipinski definition) is 3. The lowest BCUT2D eigenvalue weighted by atomic mass is 9.99. The molecule has 1 aromatic rings. The quantitative estimate of drug-likeness (QED) is 0.840. The van der Waals surface area contributed by atoms with Crippen molar-refractivity contribution >= 4 is 5.91 Å². The Bertz CT molecular complexity index is 478. The first-order valence-corrected chi connectivity index (χ1v) is 8.73. The van der Waals surface area contributed by atoms with Crippen molar-refractivity contribution in [2.24, 2.45) is 5.92 Å². The molecule has 1 heterocycles. The summed E-state index contributed by atoms with van der Waals surface area (Å²) in [6.45, 7) is 9.73. The van der Waals surface area contributed by atoms with E-state index in [1.807, 2.05) is 37.3 Å². The zero-order valence-electron chi connectivity index (χ0n) is 14.6. The van der Waals surface area contributed by atoms with Gasteiger partial charge in [-0.05, 0) is 44.7 Å². The first-order chi connectivity index (χ1) is 11.1. The Balaban J connectivity index is 1.69. The largest absolute Gasteiger partial charge is 0.364 e. The van der Waals surface area contributed by atoms with Gasteiger partial charge >= 0.3 is 0 Å². The molecule has 1 fully saturated rings. The Labute approximate surface area is 140 Å². The van der Waals surface area contributed by atoms with E-state index in [2.05, 4.69) is 24.1 Å². The van der Waals surface area contributed by atoms with Crippen LogP contribution in [0.4, 0.5) is 0 Å². The van der Waals surface area contributed by atoms with Crippen molar-refractivity contribution in [3.05, 3.63) is 35.9 Å². The van der Waals surface area contributed by atoms with Crippen molar-refractivity contribution in [3.8, 4) is 0 Å². The number of carbonyl (C=O) groups is 1. The SMILES string of the molecule is C[C@@H]1CCCN([C@@H](C)CNC(=O)[C@@H](C)OCc2ccccc2)C1. The summed E-state index contributed by atoms with van der Waals surface area (Å²) >= 11 is 0. The van der Waals surface area contributed by atoms with Crippen LogP contribution in [0.25, 0.3) is 0 Å². The summed E-state index contributed by atoms with van der Waals surface area (Å²) in [6.07, 6.45) is 2.15. The van der Waals surface area contributed by atoms with Crippen molar-refractivity contribution in [1.82, 2.24) is 10.2 Å². The number of benzene rings is 1. The summed E-state index contributed by atoms with van der Waals surface area (Å²) in [5, 5.41) is 3.02. The molecule has 1 aliphatic rings. The first kappa shape index (κ1) is 18.0. The number of rotatable bonds is 7. The van der Waals surface area contributed by atoms with Crippen LogP contribution in [0.15, 0.2) is 30.3 Å². The molecule has 0 radical (unpaired) electrons. The lowest BCUT2D eigenvalue weighted by Crippen LogP contribution is -2.47. The van der Waals surface area contributed by atoms with Gasteiger partial charge in [0.25, 0.3) is 0 Å².